The van der Waals surface area contributed by atoms with Crippen LogP contribution in [0.2, 0.25) is 9.49 Å². The standard InChI is InChI=1S/C7H6N2O2S.C5H9NO2.C2Cl2NS2.CH4.ClH/c1-4-6(7(10)11-2)5(3-8)12-9-4;1-4(6)3-5(7)8-2;3-1-2(4)6-7-5-1;;/h1-2H3;3H,6H2,1-2H3;;1H4;1H/q;;+1;;/p-1/b;4-3-;;;. The molecule has 2 N–H and O–H groups in total. The summed E-state index contributed by atoms with van der Waals surface area (Å²) in [4.78, 5) is 21.6. The lowest BCUT2D eigenvalue weighted by molar-refractivity contribution is -0.134. The molecule has 0 aromatic carbocycles. The minimum absolute atomic E-state index is 0. The van der Waals surface area contributed by atoms with Crippen LogP contribution in [0.3, 0.4) is 0 Å². The normalized spacial score (nSPS) is 9.07. The minimum atomic E-state index is -0.502. The van der Waals surface area contributed by atoms with Crippen LogP contribution in [0.1, 0.15) is 35.3 Å². The molecule has 0 saturated carbocycles. The van der Waals surface area contributed by atoms with Crippen molar-refractivity contribution in [2.45, 2.75) is 21.3 Å². The Bertz CT molecular complexity index is 830. The average Bonchev–Trinajstić information content (AvgIpc) is 3.19. The molecule has 2 heterocycles. The number of rotatable bonds is 2. The molecule has 0 aliphatic rings. The molecule has 0 bridgehead atoms. The molecule has 8 nitrogen and oxygen atoms in total. The highest BCUT2D eigenvalue weighted by atomic mass is 35.5. The lowest BCUT2D eigenvalue weighted by Gasteiger charge is -1.95. The molecule has 0 amide bonds. The molecule has 14 heteroatoms. The highest BCUT2D eigenvalue weighted by Gasteiger charge is 2.18. The van der Waals surface area contributed by atoms with Crippen molar-refractivity contribution in [3.05, 3.63) is 37.4 Å². The van der Waals surface area contributed by atoms with Crippen molar-refractivity contribution in [2.24, 2.45) is 5.73 Å². The number of nitrogens with zero attached hydrogens (tertiary/aromatic N) is 3. The van der Waals surface area contributed by atoms with E-state index in [1.165, 1.54) is 41.2 Å². The van der Waals surface area contributed by atoms with Gasteiger partial charge in [0, 0.05) is 11.8 Å². The van der Waals surface area contributed by atoms with Crippen LogP contribution in [0.25, 0.3) is 0 Å². The van der Waals surface area contributed by atoms with Gasteiger partial charge < -0.3 is 27.6 Å². The number of aryl methyl sites for hydroxylation is 1. The number of halogens is 3. The van der Waals surface area contributed by atoms with Crippen LogP contribution in [-0.4, -0.2) is 34.9 Å². The third-order valence-corrected chi connectivity index (χ3v) is 6.02. The third kappa shape index (κ3) is 12.6. The average molecular weight is 522 g/mol. The topological polar surface area (TPSA) is 128 Å². The predicted molar refractivity (Wildman–Crippen MR) is 114 cm³/mol. The number of esters is 2. The number of carbonyl (C=O) groups excluding carboxylic acids is 2. The van der Waals surface area contributed by atoms with Crippen LogP contribution in [0, 0.1) is 18.3 Å². The molecule has 0 fully saturated rings. The van der Waals surface area contributed by atoms with Gasteiger partial charge in [0.05, 0.1) is 19.9 Å². The summed E-state index contributed by atoms with van der Waals surface area (Å²) in [5.41, 5.74) is 6.41. The van der Waals surface area contributed by atoms with E-state index in [0.717, 1.165) is 11.5 Å². The Morgan fingerprint density at radius 2 is 1.86 bits per heavy atom. The number of nitrogens with two attached hydrogens (primary N) is 1. The Morgan fingerprint density at radius 3 is 2.14 bits per heavy atom. The number of methoxy groups -OCH3 is 2. The molecule has 0 unspecified atom stereocenters. The Morgan fingerprint density at radius 1 is 1.28 bits per heavy atom. The largest absolute Gasteiger partial charge is 1.00 e. The van der Waals surface area contributed by atoms with Crippen LogP contribution < -0.4 is 18.1 Å². The molecule has 0 atom stereocenters. The highest BCUT2D eigenvalue weighted by Crippen LogP contribution is 2.27. The molecular weight excluding hydrogens is 503 g/mol. The Labute approximate surface area is 197 Å². The fourth-order valence-electron chi connectivity index (χ4n) is 1.19. The summed E-state index contributed by atoms with van der Waals surface area (Å²) in [6, 6.07) is 1.89. The first-order chi connectivity index (χ1) is 12.7. The van der Waals surface area contributed by atoms with Crippen LogP contribution in [0.15, 0.2) is 11.8 Å². The Balaban J connectivity index is -0.000000353. The van der Waals surface area contributed by atoms with Crippen LogP contribution in [0.5, 0.6) is 0 Å². The maximum Gasteiger partial charge on any atom is 0.354 e. The molecule has 0 saturated heterocycles. The second kappa shape index (κ2) is 17.3. The molecular formula is C15H19Cl3N4O4S3. The number of ether oxygens (including phenoxy) is 2. The van der Waals surface area contributed by atoms with Gasteiger partial charge in [0.25, 0.3) is 10.5 Å². The third-order valence-electron chi connectivity index (χ3n) is 2.29. The predicted octanol–water partition coefficient (Wildman–Crippen LogP) is 1.56. The zero-order valence-electron chi connectivity index (χ0n) is 15.0. The Hall–Kier alpha value is -1.55. The summed E-state index contributed by atoms with van der Waals surface area (Å²) in [6.45, 7) is 3.29. The second-order valence-corrected chi connectivity index (χ2v) is 7.89. The van der Waals surface area contributed by atoms with Crippen LogP contribution >= 0.6 is 55.6 Å². The number of nitriles is 1. The maximum atomic E-state index is 11.1. The van der Waals surface area contributed by atoms with Crippen molar-refractivity contribution in [1.29, 1.82) is 5.26 Å². The van der Waals surface area contributed by atoms with E-state index < -0.39 is 11.9 Å². The maximum absolute atomic E-state index is 11.1. The number of hydrogen-bond donors (Lipinski definition) is 1. The zero-order chi connectivity index (χ0) is 21.0. The van der Waals surface area contributed by atoms with E-state index in [9.17, 15) is 9.59 Å². The van der Waals surface area contributed by atoms with E-state index in [4.69, 9.17) is 34.2 Å². The van der Waals surface area contributed by atoms with Crippen molar-refractivity contribution >= 4 is 67.5 Å². The zero-order valence-corrected chi connectivity index (χ0v) is 19.7. The second-order valence-electron chi connectivity index (χ2n) is 4.30. The monoisotopic (exact) mass is 520 g/mol. The van der Waals surface area contributed by atoms with Crippen molar-refractivity contribution in [2.75, 3.05) is 14.2 Å². The van der Waals surface area contributed by atoms with E-state index in [1.807, 2.05) is 6.07 Å². The lowest BCUT2D eigenvalue weighted by Crippen LogP contribution is -3.00. The summed E-state index contributed by atoms with van der Waals surface area (Å²) in [5.74, 6) is -0.914. The minimum Gasteiger partial charge on any atom is -1.00 e. The van der Waals surface area contributed by atoms with E-state index >= 15 is 0 Å². The molecule has 162 valence electrons. The molecule has 0 spiro atoms. The van der Waals surface area contributed by atoms with E-state index in [-0.39, 0.29) is 25.4 Å². The van der Waals surface area contributed by atoms with Gasteiger partial charge in [-0.1, -0.05) is 19.0 Å². The molecule has 0 radical (unpaired) electrons. The summed E-state index contributed by atoms with van der Waals surface area (Å²) in [7, 11) is 5.25. The van der Waals surface area contributed by atoms with Gasteiger partial charge in [0.2, 0.25) is 5.15 Å². The van der Waals surface area contributed by atoms with Crippen LogP contribution in [-0.2, 0) is 14.3 Å². The first-order valence-electron chi connectivity index (χ1n) is 6.74. The van der Waals surface area contributed by atoms with Gasteiger partial charge >= 0.3 is 26.6 Å². The molecule has 2 rings (SSSR count). The summed E-state index contributed by atoms with van der Waals surface area (Å²) < 4.78 is 16.9. The van der Waals surface area contributed by atoms with Gasteiger partial charge in [-0.05, 0) is 37.0 Å². The van der Waals surface area contributed by atoms with Gasteiger partial charge in [-0.2, -0.15) is 9.64 Å². The number of allylic oxidation sites excluding steroid dienone is 1. The molecule has 2 aromatic heterocycles. The molecule has 29 heavy (non-hydrogen) atoms. The van der Waals surface area contributed by atoms with Crippen molar-refractivity contribution in [1.82, 2.24) is 8.75 Å². The summed E-state index contributed by atoms with van der Waals surface area (Å²) in [5, 5.41) is 9.00. The van der Waals surface area contributed by atoms with Crippen molar-refractivity contribution in [3.8, 4) is 6.07 Å². The highest BCUT2D eigenvalue weighted by molar-refractivity contribution is 7.68. The van der Waals surface area contributed by atoms with Gasteiger partial charge in [0.1, 0.15) is 16.5 Å². The van der Waals surface area contributed by atoms with Gasteiger partial charge in [-0.25, -0.2) is 9.59 Å². The lowest BCUT2D eigenvalue weighted by atomic mass is 10.2. The fraction of sp³-hybridized carbons (Fsp3) is 0.333. The smallest absolute Gasteiger partial charge is 0.354 e. The summed E-state index contributed by atoms with van der Waals surface area (Å²) >= 11 is 11.9. The molecule has 2 aromatic rings. The van der Waals surface area contributed by atoms with Gasteiger partial charge in [-0.15, -0.1) is 4.37 Å². The van der Waals surface area contributed by atoms with Gasteiger partial charge in [0.15, 0.2) is 0 Å². The number of aromatic nitrogens is 2. The quantitative estimate of drug-likeness (QED) is 0.273. The van der Waals surface area contributed by atoms with Gasteiger partial charge in [-0.3, -0.25) is 0 Å². The van der Waals surface area contributed by atoms with E-state index in [0.29, 0.717) is 25.8 Å². The molecule has 0 aliphatic heterocycles. The van der Waals surface area contributed by atoms with E-state index in [2.05, 4.69) is 18.2 Å². The van der Waals surface area contributed by atoms with E-state index in [1.54, 1.807) is 13.8 Å². The SMILES string of the molecule is C.COC(=O)/C=C(/C)N.COC(=O)c1c(C)nsc1C#N.Clc1ns[s+]c1Cl.[Cl-]. The first-order valence-corrected chi connectivity index (χ1v) is 10.4. The number of carbonyl (C=O) groups is 2. The van der Waals surface area contributed by atoms with Crippen LogP contribution in [0.4, 0.5) is 0 Å². The summed E-state index contributed by atoms with van der Waals surface area (Å²) in [6.07, 6.45) is 1.22. The van der Waals surface area contributed by atoms with Crippen molar-refractivity contribution in [3.63, 3.8) is 0 Å². The fourth-order valence-corrected chi connectivity index (χ4v) is 3.90. The Kier molecular flexibility index (Phi) is 19.2. The van der Waals surface area contributed by atoms with Crippen molar-refractivity contribution < 1.29 is 31.5 Å². The molecule has 0 aliphatic carbocycles. The first kappa shape index (κ1) is 32.1. The number of hydrogen-bond acceptors (Lipinski definition) is 10.